The van der Waals surface area contributed by atoms with E-state index in [0.29, 0.717) is 0 Å². The molecular weight excluding hydrogens is 168 g/mol. The quantitative estimate of drug-likeness (QED) is 0.628. The first-order chi connectivity index (χ1) is 6.79. The summed E-state index contributed by atoms with van der Waals surface area (Å²) in [6, 6.07) is 17.8. The summed E-state index contributed by atoms with van der Waals surface area (Å²) in [4.78, 5) is 0. The first kappa shape index (κ1) is 9.01. The van der Waals surface area contributed by atoms with Crippen LogP contribution < -0.4 is 0 Å². The molecule has 0 nitrogen and oxygen atoms in total. The summed E-state index contributed by atoms with van der Waals surface area (Å²) in [5.74, 6) is 0. The van der Waals surface area contributed by atoms with Crippen LogP contribution in [0.3, 0.4) is 0 Å². The molecule has 1 radical (unpaired) electrons. The molecule has 2 aromatic rings. The van der Waals surface area contributed by atoms with Crippen LogP contribution in [0.1, 0.15) is 11.1 Å². The molecule has 0 aromatic heterocycles. The maximum absolute atomic E-state index is 3.24. The number of hydrogen-bond acceptors (Lipinski definition) is 0. The molecule has 0 N–H and O–H groups in total. The van der Waals surface area contributed by atoms with Gasteiger partial charge in [-0.05, 0) is 42.2 Å². The van der Waals surface area contributed by atoms with Crippen LogP contribution in [0.5, 0.6) is 0 Å². The Balaban J connectivity index is 2.63. The Kier molecular flexibility index (Phi) is 2.36. The molecule has 0 saturated heterocycles. The van der Waals surface area contributed by atoms with Crippen LogP contribution in [-0.2, 0) is 0 Å². The Morgan fingerprint density at radius 3 is 2.29 bits per heavy atom. The molecule has 0 aliphatic carbocycles. The van der Waals surface area contributed by atoms with Gasteiger partial charge in [0.05, 0.1) is 0 Å². The van der Waals surface area contributed by atoms with E-state index >= 15 is 0 Å². The second-order valence-electron chi connectivity index (χ2n) is 3.53. The summed E-state index contributed by atoms with van der Waals surface area (Å²) in [5, 5.41) is 0. The number of hydrogen-bond donors (Lipinski definition) is 0. The molecule has 0 aliphatic rings. The predicted molar refractivity (Wildman–Crippen MR) is 60.2 cm³/mol. The molecule has 0 heteroatoms. The average Bonchev–Trinajstić information content (AvgIpc) is 2.19. The third kappa shape index (κ3) is 1.56. The van der Waals surface area contributed by atoms with Gasteiger partial charge in [0.2, 0.25) is 0 Å². The summed E-state index contributed by atoms with van der Waals surface area (Å²) in [6.07, 6.45) is 0. The Morgan fingerprint density at radius 1 is 0.929 bits per heavy atom. The fourth-order valence-electron chi connectivity index (χ4n) is 1.79. The fraction of sp³-hybridized carbons (Fsp3) is 0.143. The van der Waals surface area contributed by atoms with Crippen molar-refractivity contribution in [3.05, 3.63) is 59.7 Å². The smallest absolute Gasteiger partial charge is 0.0119 e. The molecular formula is C14H13. The van der Waals surface area contributed by atoms with Crippen molar-refractivity contribution in [1.82, 2.24) is 0 Å². The van der Waals surface area contributed by atoms with Crippen molar-refractivity contribution in [1.29, 1.82) is 0 Å². The zero-order valence-corrected chi connectivity index (χ0v) is 8.54. The van der Waals surface area contributed by atoms with Crippen LogP contribution in [0.15, 0.2) is 42.5 Å². The van der Waals surface area contributed by atoms with Crippen molar-refractivity contribution in [3.63, 3.8) is 0 Å². The largest absolute Gasteiger partial charge is 0.0622 e. The van der Waals surface area contributed by atoms with Crippen molar-refractivity contribution in [3.8, 4) is 11.1 Å². The van der Waals surface area contributed by atoms with E-state index in [0.717, 1.165) is 0 Å². The van der Waals surface area contributed by atoms with Crippen molar-refractivity contribution < 1.29 is 0 Å². The molecule has 2 aromatic carbocycles. The summed E-state index contributed by atoms with van der Waals surface area (Å²) < 4.78 is 0. The minimum Gasteiger partial charge on any atom is -0.0622 e. The molecule has 14 heavy (non-hydrogen) atoms. The maximum atomic E-state index is 3.24. The number of benzene rings is 2. The van der Waals surface area contributed by atoms with Crippen LogP contribution in [0, 0.1) is 19.9 Å². The summed E-state index contributed by atoms with van der Waals surface area (Å²) in [7, 11) is 0. The summed E-state index contributed by atoms with van der Waals surface area (Å²) in [6.45, 7) is 4.25. The zero-order valence-electron chi connectivity index (χ0n) is 8.54. The molecule has 0 bridgehead atoms. The van der Waals surface area contributed by atoms with Crippen LogP contribution >= 0.6 is 0 Å². The second-order valence-corrected chi connectivity index (χ2v) is 3.53. The van der Waals surface area contributed by atoms with Crippen LogP contribution in [0.25, 0.3) is 11.1 Å². The SMILES string of the molecule is Cc1[c]ccc(C)c1-c1ccccc1. The highest BCUT2D eigenvalue weighted by atomic mass is 14.1. The van der Waals surface area contributed by atoms with Gasteiger partial charge in [0, 0.05) is 0 Å². The van der Waals surface area contributed by atoms with Gasteiger partial charge in [-0.3, -0.25) is 0 Å². The third-order valence-corrected chi connectivity index (χ3v) is 2.46. The van der Waals surface area contributed by atoms with Gasteiger partial charge in [0.25, 0.3) is 0 Å². The molecule has 0 amide bonds. The van der Waals surface area contributed by atoms with Crippen molar-refractivity contribution in [2.75, 3.05) is 0 Å². The Bertz CT molecular complexity index is 407. The highest BCUT2D eigenvalue weighted by Gasteiger charge is 2.03. The lowest BCUT2D eigenvalue weighted by atomic mass is 9.96. The fourth-order valence-corrected chi connectivity index (χ4v) is 1.79. The van der Waals surface area contributed by atoms with E-state index < -0.39 is 0 Å². The number of rotatable bonds is 1. The maximum Gasteiger partial charge on any atom is -0.0119 e. The zero-order chi connectivity index (χ0) is 9.97. The van der Waals surface area contributed by atoms with E-state index in [4.69, 9.17) is 0 Å². The minimum atomic E-state index is 1.22. The van der Waals surface area contributed by atoms with Crippen LogP contribution in [0.4, 0.5) is 0 Å². The van der Waals surface area contributed by atoms with E-state index in [1.54, 1.807) is 0 Å². The molecule has 69 valence electrons. The molecule has 2 rings (SSSR count). The lowest BCUT2D eigenvalue weighted by Crippen LogP contribution is -1.87. The second kappa shape index (κ2) is 3.67. The summed E-state index contributed by atoms with van der Waals surface area (Å²) in [5.41, 5.74) is 5.12. The topological polar surface area (TPSA) is 0 Å². The summed E-state index contributed by atoms with van der Waals surface area (Å²) >= 11 is 0. The first-order valence-electron chi connectivity index (χ1n) is 4.82. The van der Waals surface area contributed by atoms with Gasteiger partial charge in [0.15, 0.2) is 0 Å². The van der Waals surface area contributed by atoms with E-state index in [1.807, 2.05) is 12.1 Å². The Morgan fingerprint density at radius 2 is 1.64 bits per heavy atom. The lowest BCUT2D eigenvalue weighted by Gasteiger charge is -2.08. The third-order valence-electron chi connectivity index (χ3n) is 2.46. The van der Waals surface area contributed by atoms with E-state index in [-0.39, 0.29) is 0 Å². The number of aryl methyl sites for hydroxylation is 2. The van der Waals surface area contributed by atoms with Crippen molar-refractivity contribution in [2.24, 2.45) is 0 Å². The van der Waals surface area contributed by atoms with Crippen LogP contribution in [0.2, 0.25) is 0 Å². The molecule has 0 aliphatic heterocycles. The van der Waals surface area contributed by atoms with Gasteiger partial charge in [-0.1, -0.05) is 42.5 Å². The van der Waals surface area contributed by atoms with E-state index in [9.17, 15) is 0 Å². The van der Waals surface area contributed by atoms with Gasteiger partial charge in [0.1, 0.15) is 0 Å². The molecule has 0 fully saturated rings. The van der Waals surface area contributed by atoms with E-state index in [2.05, 4.69) is 50.2 Å². The first-order valence-corrected chi connectivity index (χ1v) is 4.82. The molecule has 0 atom stereocenters. The monoisotopic (exact) mass is 181 g/mol. The Labute approximate surface area is 85.2 Å². The normalized spacial score (nSPS) is 10.1. The molecule has 0 spiro atoms. The average molecular weight is 181 g/mol. The van der Waals surface area contributed by atoms with Gasteiger partial charge < -0.3 is 0 Å². The van der Waals surface area contributed by atoms with Gasteiger partial charge in [-0.2, -0.15) is 0 Å². The van der Waals surface area contributed by atoms with Gasteiger partial charge in [-0.25, -0.2) is 0 Å². The molecule has 0 unspecified atom stereocenters. The highest BCUT2D eigenvalue weighted by Crippen LogP contribution is 2.25. The molecule has 0 heterocycles. The van der Waals surface area contributed by atoms with E-state index in [1.165, 1.54) is 22.3 Å². The standard InChI is InChI=1S/C14H13/c1-11-7-6-8-12(2)14(11)13-9-4-3-5-10-13/h3-7,9-10H,1-2H3. The minimum absolute atomic E-state index is 1.22. The highest BCUT2D eigenvalue weighted by molar-refractivity contribution is 5.70. The lowest BCUT2D eigenvalue weighted by molar-refractivity contribution is 1.37. The van der Waals surface area contributed by atoms with Crippen molar-refractivity contribution in [2.45, 2.75) is 13.8 Å². The Hall–Kier alpha value is -1.56. The van der Waals surface area contributed by atoms with Crippen LogP contribution in [-0.4, -0.2) is 0 Å². The van der Waals surface area contributed by atoms with Crippen molar-refractivity contribution >= 4 is 0 Å². The van der Waals surface area contributed by atoms with Gasteiger partial charge >= 0.3 is 0 Å². The predicted octanol–water partition coefficient (Wildman–Crippen LogP) is 3.77. The molecule has 0 saturated carbocycles. The van der Waals surface area contributed by atoms with Gasteiger partial charge in [-0.15, -0.1) is 0 Å².